The van der Waals surface area contributed by atoms with E-state index in [0.29, 0.717) is 11.3 Å². The van der Waals surface area contributed by atoms with Crippen molar-refractivity contribution < 1.29 is 9.53 Å². The Hall–Kier alpha value is -1.54. The van der Waals surface area contributed by atoms with Gasteiger partial charge < -0.3 is 10.1 Å². The number of carbonyl (C=O) groups is 1. The fourth-order valence-electron chi connectivity index (χ4n) is 2.52. The van der Waals surface area contributed by atoms with E-state index in [4.69, 9.17) is 4.74 Å². The Morgan fingerprint density at radius 1 is 1.40 bits per heavy atom. The van der Waals surface area contributed by atoms with Gasteiger partial charge in [0, 0.05) is 5.56 Å². The van der Waals surface area contributed by atoms with Crippen LogP contribution in [0, 0.1) is 11.3 Å². The number of nitrogens with one attached hydrogen (secondary N) is 1. The van der Waals surface area contributed by atoms with E-state index < -0.39 is 5.54 Å². The number of carbonyl (C=O) groups excluding carboxylic acids is 1. The highest BCUT2D eigenvalue weighted by atomic mass is 79.9. The Bertz CT molecular complexity index is 545. The lowest BCUT2D eigenvalue weighted by Gasteiger charge is -2.31. The van der Waals surface area contributed by atoms with E-state index in [9.17, 15) is 10.1 Å². The quantitative estimate of drug-likeness (QED) is 0.919. The largest absolute Gasteiger partial charge is 0.496 e. The van der Waals surface area contributed by atoms with Gasteiger partial charge >= 0.3 is 0 Å². The number of hydrogen-bond donors (Lipinski definition) is 1. The van der Waals surface area contributed by atoms with E-state index in [1.165, 1.54) is 0 Å². The van der Waals surface area contributed by atoms with Gasteiger partial charge in [-0.3, -0.25) is 4.79 Å². The molecule has 0 unspecified atom stereocenters. The number of methoxy groups -OCH3 is 1. The van der Waals surface area contributed by atoms with Gasteiger partial charge in [0.15, 0.2) is 0 Å². The van der Waals surface area contributed by atoms with Crippen molar-refractivity contribution in [2.45, 2.75) is 37.6 Å². The first kappa shape index (κ1) is 14.9. The van der Waals surface area contributed by atoms with Gasteiger partial charge in [-0.05, 0) is 47.0 Å². The van der Waals surface area contributed by atoms with Crippen LogP contribution in [0.25, 0.3) is 0 Å². The number of benzene rings is 1. The van der Waals surface area contributed by atoms with E-state index in [0.717, 1.165) is 36.6 Å². The number of rotatable bonds is 3. The summed E-state index contributed by atoms with van der Waals surface area (Å²) in [6.07, 6.45) is 4.56. The maximum atomic E-state index is 12.3. The van der Waals surface area contributed by atoms with Gasteiger partial charge in [0.1, 0.15) is 11.3 Å². The minimum Gasteiger partial charge on any atom is -0.496 e. The van der Waals surface area contributed by atoms with Crippen molar-refractivity contribution in [3.8, 4) is 11.8 Å². The number of ether oxygens (including phenoxy) is 1. The summed E-state index contributed by atoms with van der Waals surface area (Å²) in [6, 6.07) is 7.43. The molecule has 0 radical (unpaired) electrons. The maximum absolute atomic E-state index is 12.3. The van der Waals surface area contributed by atoms with Crippen molar-refractivity contribution in [2.75, 3.05) is 7.11 Å². The van der Waals surface area contributed by atoms with Crippen molar-refractivity contribution in [1.82, 2.24) is 5.32 Å². The van der Waals surface area contributed by atoms with Crippen molar-refractivity contribution >= 4 is 21.8 Å². The lowest BCUT2D eigenvalue weighted by atomic mass is 9.82. The normalized spacial score (nSPS) is 17.1. The number of nitrogens with zero attached hydrogens (tertiary/aromatic N) is 1. The average Bonchev–Trinajstić information content (AvgIpc) is 2.48. The Morgan fingerprint density at radius 3 is 2.65 bits per heavy atom. The van der Waals surface area contributed by atoms with Gasteiger partial charge in [-0.2, -0.15) is 5.26 Å². The molecular weight excluding hydrogens is 320 g/mol. The molecule has 0 aromatic heterocycles. The van der Waals surface area contributed by atoms with Crippen LogP contribution >= 0.6 is 15.9 Å². The summed E-state index contributed by atoms with van der Waals surface area (Å²) in [4.78, 5) is 12.3. The zero-order valence-electron chi connectivity index (χ0n) is 11.4. The molecule has 5 heteroatoms. The minimum atomic E-state index is -0.707. The van der Waals surface area contributed by atoms with Crippen LogP contribution in [-0.2, 0) is 0 Å². The molecule has 1 aromatic rings. The molecule has 2 rings (SSSR count). The molecule has 1 fully saturated rings. The van der Waals surface area contributed by atoms with Crippen molar-refractivity contribution in [3.05, 3.63) is 28.2 Å². The molecule has 1 amide bonds. The number of amides is 1. The summed E-state index contributed by atoms with van der Waals surface area (Å²) in [5.41, 5.74) is -0.181. The van der Waals surface area contributed by atoms with Crippen molar-refractivity contribution in [2.24, 2.45) is 0 Å². The third kappa shape index (κ3) is 3.13. The van der Waals surface area contributed by atoms with Crippen molar-refractivity contribution in [1.29, 1.82) is 5.26 Å². The highest BCUT2D eigenvalue weighted by Crippen LogP contribution is 2.29. The predicted molar refractivity (Wildman–Crippen MR) is 79.6 cm³/mol. The molecule has 0 aliphatic heterocycles. The number of hydrogen-bond acceptors (Lipinski definition) is 3. The molecule has 1 N–H and O–H groups in total. The summed E-state index contributed by atoms with van der Waals surface area (Å²) >= 11 is 3.36. The van der Waals surface area contributed by atoms with Crippen LogP contribution in [0.5, 0.6) is 5.75 Å². The van der Waals surface area contributed by atoms with Gasteiger partial charge in [-0.15, -0.1) is 0 Å². The molecule has 1 aliphatic carbocycles. The number of nitriles is 1. The summed E-state index contributed by atoms with van der Waals surface area (Å²) in [6.45, 7) is 0. The van der Waals surface area contributed by atoms with Crippen LogP contribution in [0.15, 0.2) is 22.7 Å². The van der Waals surface area contributed by atoms with E-state index in [2.05, 4.69) is 27.3 Å². The molecule has 0 atom stereocenters. The summed E-state index contributed by atoms with van der Waals surface area (Å²) in [7, 11) is 1.58. The van der Waals surface area contributed by atoms with Crippen molar-refractivity contribution in [3.63, 3.8) is 0 Å². The van der Waals surface area contributed by atoms with Gasteiger partial charge in [0.2, 0.25) is 0 Å². The minimum absolute atomic E-state index is 0.211. The Labute approximate surface area is 127 Å². The van der Waals surface area contributed by atoms with Gasteiger partial charge in [-0.25, -0.2) is 0 Å². The average molecular weight is 337 g/mol. The highest BCUT2D eigenvalue weighted by Gasteiger charge is 2.33. The topological polar surface area (TPSA) is 62.1 Å². The predicted octanol–water partition coefficient (Wildman–Crippen LogP) is 3.41. The smallest absolute Gasteiger partial charge is 0.252 e. The maximum Gasteiger partial charge on any atom is 0.252 e. The Balaban J connectivity index is 2.15. The Morgan fingerprint density at radius 2 is 2.10 bits per heavy atom. The molecule has 106 valence electrons. The van der Waals surface area contributed by atoms with Crippen LogP contribution in [0.2, 0.25) is 0 Å². The first-order valence-electron chi connectivity index (χ1n) is 6.67. The molecule has 20 heavy (non-hydrogen) atoms. The van der Waals surface area contributed by atoms with Crippen LogP contribution < -0.4 is 10.1 Å². The van der Waals surface area contributed by atoms with Gasteiger partial charge in [-0.1, -0.05) is 19.3 Å². The second-order valence-corrected chi connectivity index (χ2v) is 5.91. The molecule has 0 bridgehead atoms. The highest BCUT2D eigenvalue weighted by molar-refractivity contribution is 9.10. The van der Waals surface area contributed by atoms with Crippen LogP contribution in [0.4, 0.5) is 0 Å². The lowest BCUT2D eigenvalue weighted by Crippen LogP contribution is -2.48. The van der Waals surface area contributed by atoms with Crippen LogP contribution in [0.1, 0.15) is 42.5 Å². The van der Waals surface area contributed by atoms with E-state index in [1.54, 1.807) is 25.3 Å². The molecular formula is C15H17BrN2O2. The summed E-state index contributed by atoms with van der Waals surface area (Å²) < 4.78 is 5.86. The fraction of sp³-hybridized carbons (Fsp3) is 0.467. The standard InChI is InChI=1S/C15H17BrN2O2/c1-20-13-6-5-11(9-12(13)16)14(19)18-15(10-17)7-3-2-4-8-15/h5-6,9H,2-4,7-8H2,1H3,(H,18,19). The zero-order chi connectivity index (χ0) is 14.6. The first-order valence-corrected chi connectivity index (χ1v) is 7.47. The molecule has 1 saturated carbocycles. The first-order chi connectivity index (χ1) is 9.60. The van der Waals surface area contributed by atoms with E-state index >= 15 is 0 Å². The zero-order valence-corrected chi connectivity index (χ0v) is 13.0. The van der Waals surface area contributed by atoms with E-state index in [-0.39, 0.29) is 5.91 Å². The lowest BCUT2D eigenvalue weighted by molar-refractivity contribution is 0.0902. The molecule has 0 spiro atoms. The van der Waals surface area contributed by atoms with Gasteiger partial charge in [0.25, 0.3) is 5.91 Å². The monoisotopic (exact) mass is 336 g/mol. The van der Waals surface area contributed by atoms with E-state index in [1.807, 2.05) is 0 Å². The SMILES string of the molecule is COc1ccc(C(=O)NC2(C#N)CCCCC2)cc1Br. The number of halogens is 1. The molecule has 0 heterocycles. The molecule has 0 saturated heterocycles. The summed E-state index contributed by atoms with van der Waals surface area (Å²) in [5.74, 6) is 0.464. The van der Waals surface area contributed by atoms with Crippen LogP contribution in [0.3, 0.4) is 0 Å². The molecule has 1 aromatic carbocycles. The molecule has 4 nitrogen and oxygen atoms in total. The molecule has 1 aliphatic rings. The fourth-order valence-corrected chi connectivity index (χ4v) is 3.06. The Kier molecular flexibility index (Phi) is 4.66. The second kappa shape index (κ2) is 6.27. The second-order valence-electron chi connectivity index (χ2n) is 5.06. The van der Waals surface area contributed by atoms with Crippen LogP contribution in [-0.4, -0.2) is 18.6 Å². The summed E-state index contributed by atoms with van der Waals surface area (Å²) in [5, 5.41) is 12.3. The third-order valence-corrected chi connectivity index (χ3v) is 4.31. The van der Waals surface area contributed by atoms with Gasteiger partial charge in [0.05, 0.1) is 17.7 Å². The third-order valence-electron chi connectivity index (χ3n) is 3.69.